The lowest BCUT2D eigenvalue weighted by atomic mass is 9.96. The molecule has 1 fully saturated rings. The number of sulfonamides is 1. The summed E-state index contributed by atoms with van der Waals surface area (Å²) < 4.78 is 28.6. The standard InChI is InChI=1S/C21H23N3O3S/c25-21(22-13-12-16-7-2-1-3-8-16)17-9-6-14-24(15-17)20-18-10-4-5-11-19(18)28(26,27)23-20/h1-5,7-8,10-11,17H,6,9,12-15H2,(H,22,25)/t17-/m1/s1. The average molecular weight is 398 g/mol. The highest BCUT2D eigenvalue weighted by atomic mass is 32.2. The van der Waals surface area contributed by atoms with E-state index in [2.05, 4.69) is 9.71 Å². The molecule has 7 heteroatoms. The van der Waals surface area contributed by atoms with Crippen LogP contribution < -0.4 is 5.32 Å². The third-order valence-corrected chi connectivity index (χ3v) is 6.59. The number of fused-ring (bicyclic) bond motifs is 1. The van der Waals surface area contributed by atoms with E-state index < -0.39 is 10.0 Å². The molecule has 0 radical (unpaired) electrons. The van der Waals surface area contributed by atoms with Gasteiger partial charge in [-0.25, -0.2) is 0 Å². The number of hydrogen-bond donors (Lipinski definition) is 1. The van der Waals surface area contributed by atoms with Crippen LogP contribution in [0.15, 0.2) is 63.9 Å². The Morgan fingerprint density at radius 2 is 1.86 bits per heavy atom. The first-order valence-corrected chi connectivity index (χ1v) is 11.0. The fourth-order valence-electron chi connectivity index (χ4n) is 3.82. The summed E-state index contributed by atoms with van der Waals surface area (Å²) in [6.07, 6.45) is 2.43. The van der Waals surface area contributed by atoms with E-state index in [0.717, 1.165) is 19.3 Å². The Kier molecular flexibility index (Phi) is 5.17. The molecule has 1 N–H and O–H groups in total. The zero-order valence-corrected chi connectivity index (χ0v) is 16.4. The van der Waals surface area contributed by atoms with Crippen LogP contribution in [0.4, 0.5) is 0 Å². The van der Waals surface area contributed by atoms with Crippen molar-refractivity contribution in [1.29, 1.82) is 0 Å². The third kappa shape index (κ3) is 3.80. The molecule has 2 aromatic carbocycles. The molecule has 0 saturated carbocycles. The van der Waals surface area contributed by atoms with Crippen molar-refractivity contribution in [1.82, 2.24) is 10.2 Å². The van der Waals surface area contributed by atoms with Crippen molar-refractivity contribution in [3.63, 3.8) is 0 Å². The summed E-state index contributed by atoms with van der Waals surface area (Å²) in [5, 5.41) is 3.02. The first kappa shape index (κ1) is 18.7. The summed E-state index contributed by atoms with van der Waals surface area (Å²) >= 11 is 0. The van der Waals surface area contributed by atoms with Gasteiger partial charge in [0.1, 0.15) is 4.90 Å². The Morgan fingerprint density at radius 1 is 1.11 bits per heavy atom. The van der Waals surface area contributed by atoms with Gasteiger partial charge in [-0.2, -0.15) is 8.42 Å². The number of carbonyl (C=O) groups is 1. The molecule has 0 spiro atoms. The summed E-state index contributed by atoms with van der Waals surface area (Å²) in [6, 6.07) is 16.9. The molecule has 0 aliphatic carbocycles. The van der Waals surface area contributed by atoms with Gasteiger partial charge in [-0.1, -0.05) is 42.5 Å². The van der Waals surface area contributed by atoms with Crippen molar-refractivity contribution in [2.45, 2.75) is 24.2 Å². The molecule has 28 heavy (non-hydrogen) atoms. The lowest BCUT2D eigenvalue weighted by Crippen LogP contribution is -2.45. The van der Waals surface area contributed by atoms with E-state index >= 15 is 0 Å². The first-order valence-electron chi connectivity index (χ1n) is 9.55. The maximum atomic E-state index is 12.6. The smallest absolute Gasteiger partial charge is 0.285 e. The maximum absolute atomic E-state index is 12.6. The number of carbonyl (C=O) groups excluding carboxylic acids is 1. The molecule has 0 bridgehead atoms. The lowest BCUT2D eigenvalue weighted by molar-refractivity contribution is -0.126. The van der Waals surface area contributed by atoms with E-state index in [1.807, 2.05) is 41.3 Å². The molecule has 4 rings (SSSR count). The molecule has 2 aliphatic rings. The second-order valence-electron chi connectivity index (χ2n) is 7.20. The van der Waals surface area contributed by atoms with E-state index in [4.69, 9.17) is 0 Å². The van der Waals surface area contributed by atoms with Crippen molar-refractivity contribution in [2.24, 2.45) is 10.3 Å². The molecule has 1 amide bonds. The molecule has 2 aliphatic heterocycles. The highest BCUT2D eigenvalue weighted by Crippen LogP contribution is 2.29. The van der Waals surface area contributed by atoms with E-state index in [1.54, 1.807) is 18.2 Å². The Labute approximate surface area is 165 Å². The van der Waals surface area contributed by atoms with Crippen LogP contribution in [-0.2, 0) is 21.2 Å². The summed E-state index contributed by atoms with van der Waals surface area (Å²) in [7, 11) is -3.64. The van der Waals surface area contributed by atoms with Crippen LogP contribution in [0.1, 0.15) is 24.0 Å². The largest absolute Gasteiger partial charge is 0.355 e. The minimum absolute atomic E-state index is 0.0235. The highest BCUT2D eigenvalue weighted by molar-refractivity contribution is 7.90. The van der Waals surface area contributed by atoms with Gasteiger partial charge in [0.05, 0.1) is 5.92 Å². The van der Waals surface area contributed by atoms with Crippen molar-refractivity contribution in [3.05, 3.63) is 65.7 Å². The van der Waals surface area contributed by atoms with Crippen LogP contribution in [0.5, 0.6) is 0 Å². The van der Waals surface area contributed by atoms with Gasteiger partial charge in [-0.3, -0.25) is 4.79 Å². The van der Waals surface area contributed by atoms with Crippen LogP contribution in [0.25, 0.3) is 0 Å². The molecular weight excluding hydrogens is 374 g/mol. The van der Waals surface area contributed by atoms with Crippen LogP contribution in [0.2, 0.25) is 0 Å². The lowest BCUT2D eigenvalue weighted by Gasteiger charge is -2.33. The second-order valence-corrected chi connectivity index (χ2v) is 8.77. The monoisotopic (exact) mass is 397 g/mol. The molecule has 0 aromatic heterocycles. The van der Waals surface area contributed by atoms with Gasteiger partial charge in [0.15, 0.2) is 5.84 Å². The minimum Gasteiger partial charge on any atom is -0.355 e. The fraction of sp³-hybridized carbons (Fsp3) is 0.333. The number of likely N-dealkylation sites (tertiary alicyclic amines) is 1. The number of benzene rings is 2. The van der Waals surface area contributed by atoms with Crippen molar-refractivity contribution < 1.29 is 13.2 Å². The van der Waals surface area contributed by atoms with Crippen molar-refractivity contribution in [3.8, 4) is 0 Å². The quantitative estimate of drug-likeness (QED) is 0.858. The molecule has 6 nitrogen and oxygen atoms in total. The topological polar surface area (TPSA) is 78.8 Å². The van der Waals surface area contributed by atoms with Crippen LogP contribution in [-0.4, -0.2) is 44.7 Å². The van der Waals surface area contributed by atoms with Gasteiger partial charge < -0.3 is 10.2 Å². The number of nitrogens with zero attached hydrogens (tertiary/aromatic N) is 2. The van der Waals surface area contributed by atoms with Gasteiger partial charge >= 0.3 is 0 Å². The van der Waals surface area contributed by atoms with E-state index in [1.165, 1.54) is 5.56 Å². The second kappa shape index (κ2) is 7.75. The van der Waals surface area contributed by atoms with Crippen molar-refractivity contribution in [2.75, 3.05) is 19.6 Å². The van der Waals surface area contributed by atoms with Gasteiger partial charge in [-0.15, -0.1) is 4.40 Å². The first-order chi connectivity index (χ1) is 13.5. The number of nitrogens with one attached hydrogen (secondary N) is 1. The fourth-order valence-corrected chi connectivity index (χ4v) is 5.05. The summed E-state index contributed by atoms with van der Waals surface area (Å²) in [4.78, 5) is 14.8. The predicted octanol–water partition coefficient (Wildman–Crippen LogP) is 2.21. The van der Waals surface area contributed by atoms with E-state index in [0.29, 0.717) is 31.0 Å². The van der Waals surface area contributed by atoms with E-state index in [9.17, 15) is 13.2 Å². The van der Waals surface area contributed by atoms with E-state index in [-0.39, 0.29) is 16.7 Å². The minimum atomic E-state index is -3.64. The van der Waals surface area contributed by atoms with Gasteiger partial charge in [0.25, 0.3) is 10.0 Å². The van der Waals surface area contributed by atoms with Gasteiger partial charge in [0.2, 0.25) is 5.91 Å². The highest BCUT2D eigenvalue weighted by Gasteiger charge is 2.35. The van der Waals surface area contributed by atoms with Gasteiger partial charge in [-0.05, 0) is 37.0 Å². The number of amidine groups is 1. The third-order valence-electron chi connectivity index (χ3n) is 5.26. The maximum Gasteiger partial charge on any atom is 0.285 e. The Bertz CT molecular complexity index is 1000. The molecule has 2 heterocycles. The van der Waals surface area contributed by atoms with Crippen LogP contribution in [0, 0.1) is 5.92 Å². The van der Waals surface area contributed by atoms with Crippen LogP contribution >= 0.6 is 0 Å². The number of hydrogen-bond acceptors (Lipinski definition) is 4. The molecule has 1 saturated heterocycles. The molecule has 146 valence electrons. The SMILES string of the molecule is O=C(NCCc1ccccc1)[C@@H]1CCCN(C2=NS(=O)(=O)c3ccccc32)C1. The number of piperidine rings is 1. The number of rotatable bonds is 4. The van der Waals surface area contributed by atoms with Crippen molar-refractivity contribution >= 4 is 21.8 Å². The molecule has 2 aromatic rings. The Balaban J connectivity index is 1.40. The van der Waals surface area contributed by atoms with Crippen LogP contribution in [0.3, 0.4) is 0 Å². The predicted molar refractivity (Wildman–Crippen MR) is 108 cm³/mol. The average Bonchev–Trinajstić information content (AvgIpc) is 3.00. The Hall–Kier alpha value is -2.67. The molecule has 1 atom stereocenters. The Morgan fingerprint density at radius 3 is 2.68 bits per heavy atom. The molecule has 0 unspecified atom stereocenters. The molecular formula is C21H23N3O3S. The number of amides is 1. The zero-order chi connectivity index (χ0) is 19.6. The summed E-state index contributed by atoms with van der Waals surface area (Å²) in [6.45, 7) is 1.79. The van der Waals surface area contributed by atoms with Gasteiger partial charge in [0, 0.05) is 25.2 Å². The normalized spacial score (nSPS) is 20.4. The zero-order valence-electron chi connectivity index (χ0n) is 15.5. The summed E-state index contributed by atoms with van der Waals surface area (Å²) in [5.74, 6) is 0.329. The summed E-state index contributed by atoms with van der Waals surface area (Å²) in [5.41, 5.74) is 1.82.